The first-order valence-corrected chi connectivity index (χ1v) is 11.0. The summed E-state index contributed by atoms with van der Waals surface area (Å²) in [7, 11) is -3.84. The summed E-state index contributed by atoms with van der Waals surface area (Å²) in [5.41, 5.74) is 0. The minimum Gasteiger partial charge on any atom is -0.487 e. The minimum atomic E-state index is -3.84. The first kappa shape index (κ1) is 22.0. The zero-order valence-electron chi connectivity index (χ0n) is 16.6. The fourth-order valence-electron chi connectivity index (χ4n) is 2.58. The number of benzene rings is 2. The summed E-state index contributed by atoms with van der Waals surface area (Å²) >= 11 is 0. The van der Waals surface area contributed by atoms with Crippen LogP contribution in [0.15, 0.2) is 85.3 Å². The van der Waals surface area contributed by atoms with E-state index in [4.69, 9.17) is 18.3 Å². The maximum atomic E-state index is 12.7. The van der Waals surface area contributed by atoms with Crippen molar-refractivity contribution in [2.45, 2.75) is 13.8 Å². The van der Waals surface area contributed by atoms with E-state index in [2.05, 4.69) is 13.2 Å². The molecule has 0 bridgehead atoms. The van der Waals surface area contributed by atoms with Gasteiger partial charge in [-0.05, 0) is 27.0 Å². The third kappa shape index (κ3) is 5.36. The second kappa shape index (κ2) is 10.3. The van der Waals surface area contributed by atoms with Crippen LogP contribution in [-0.4, -0.2) is 33.7 Å². The molecule has 0 aliphatic carbocycles. The topological polar surface area (TPSA) is 71.1 Å². The molecule has 0 spiro atoms. The molecular formula is C22H24O6Si. The number of carbonyl (C=O) groups excluding carboxylic acids is 2. The van der Waals surface area contributed by atoms with E-state index in [0.717, 1.165) is 0 Å². The van der Waals surface area contributed by atoms with E-state index in [1.807, 2.05) is 12.1 Å². The van der Waals surface area contributed by atoms with Crippen LogP contribution in [0.1, 0.15) is 13.8 Å². The van der Waals surface area contributed by atoms with Crippen LogP contribution in [0.5, 0.6) is 0 Å². The van der Waals surface area contributed by atoms with Gasteiger partial charge in [-0.15, -0.1) is 0 Å². The van der Waals surface area contributed by atoms with Gasteiger partial charge in [0.05, 0.1) is 13.2 Å². The molecule has 29 heavy (non-hydrogen) atoms. The molecule has 2 aromatic carbocycles. The quantitative estimate of drug-likeness (QED) is 0.339. The molecule has 0 saturated carbocycles. The fraction of sp³-hybridized carbons (Fsp3) is 0.182. The van der Waals surface area contributed by atoms with Crippen molar-refractivity contribution in [3.05, 3.63) is 85.3 Å². The first-order chi connectivity index (χ1) is 13.9. The van der Waals surface area contributed by atoms with Crippen LogP contribution >= 0.6 is 0 Å². The SMILES string of the molecule is C=C(OCC)C(=O)O[Si](OC(=O)C(=C)OCC)(c1ccccc1)c1ccccc1. The molecule has 0 atom stereocenters. The van der Waals surface area contributed by atoms with Gasteiger partial charge in [-0.3, -0.25) is 0 Å². The molecule has 0 radical (unpaired) electrons. The Morgan fingerprint density at radius 3 is 1.38 bits per heavy atom. The molecule has 2 aromatic rings. The highest BCUT2D eigenvalue weighted by atomic mass is 28.4. The summed E-state index contributed by atoms with van der Waals surface area (Å²) in [6.45, 7) is 11.2. The lowest BCUT2D eigenvalue weighted by Crippen LogP contribution is -2.65. The molecule has 6 nitrogen and oxygen atoms in total. The molecule has 0 aromatic heterocycles. The Balaban J connectivity index is 2.59. The molecule has 152 valence electrons. The van der Waals surface area contributed by atoms with E-state index in [1.54, 1.807) is 62.4 Å². The van der Waals surface area contributed by atoms with Crippen molar-refractivity contribution in [3.63, 3.8) is 0 Å². The van der Waals surface area contributed by atoms with Gasteiger partial charge >= 0.3 is 20.5 Å². The Morgan fingerprint density at radius 2 is 1.07 bits per heavy atom. The molecule has 0 N–H and O–H groups in total. The summed E-state index contributed by atoms with van der Waals surface area (Å²) in [6, 6.07) is 17.7. The van der Waals surface area contributed by atoms with Crippen LogP contribution in [-0.2, 0) is 27.9 Å². The third-order valence-corrected chi connectivity index (χ3v) is 7.01. The molecule has 0 saturated heterocycles. The second-order valence-corrected chi connectivity index (χ2v) is 8.64. The van der Waals surface area contributed by atoms with Crippen molar-refractivity contribution in [2.75, 3.05) is 13.2 Å². The molecule has 0 heterocycles. The molecule has 0 amide bonds. The molecule has 0 unspecified atom stereocenters. The van der Waals surface area contributed by atoms with Crippen LogP contribution in [0.2, 0.25) is 0 Å². The maximum absolute atomic E-state index is 12.7. The van der Waals surface area contributed by atoms with Gasteiger partial charge in [0.25, 0.3) is 0 Å². The maximum Gasteiger partial charge on any atom is 0.535 e. The van der Waals surface area contributed by atoms with Gasteiger partial charge in [-0.2, -0.15) is 0 Å². The Hall–Kier alpha value is -3.32. The van der Waals surface area contributed by atoms with Gasteiger partial charge in [-0.25, -0.2) is 9.59 Å². The standard InChI is InChI=1S/C22H24O6Si/c1-5-25-17(3)21(23)27-29(19-13-9-7-10-14-19,20-15-11-8-12-16-20)28-22(24)18(4)26-6-2/h7-16H,3-6H2,1-2H3. The Labute approximate surface area is 171 Å². The molecule has 0 aliphatic rings. The van der Waals surface area contributed by atoms with Crippen LogP contribution in [0.25, 0.3) is 0 Å². The van der Waals surface area contributed by atoms with Crippen molar-refractivity contribution < 1.29 is 27.9 Å². The lowest BCUT2D eigenvalue weighted by atomic mass is 10.4. The number of hydrogen-bond acceptors (Lipinski definition) is 6. The van der Waals surface area contributed by atoms with Crippen molar-refractivity contribution in [2.24, 2.45) is 0 Å². The lowest BCUT2D eigenvalue weighted by Gasteiger charge is -2.30. The van der Waals surface area contributed by atoms with Gasteiger partial charge < -0.3 is 18.3 Å². The Morgan fingerprint density at radius 1 is 0.724 bits per heavy atom. The van der Waals surface area contributed by atoms with Crippen LogP contribution in [0.3, 0.4) is 0 Å². The third-order valence-electron chi connectivity index (χ3n) is 3.87. The molecule has 2 rings (SSSR count). The average molecular weight is 413 g/mol. The van der Waals surface area contributed by atoms with Crippen molar-refractivity contribution in [3.8, 4) is 0 Å². The number of carbonyl (C=O) groups is 2. The monoisotopic (exact) mass is 412 g/mol. The summed E-state index contributed by atoms with van der Waals surface area (Å²) in [6.07, 6.45) is 0. The average Bonchev–Trinajstić information content (AvgIpc) is 2.74. The molecule has 0 aliphatic heterocycles. The largest absolute Gasteiger partial charge is 0.535 e. The number of rotatable bonds is 10. The number of ether oxygens (including phenoxy) is 2. The van der Waals surface area contributed by atoms with Crippen molar-refractivity contribution in [1.29, 1.82) is 0 Å². The van der Waals surface area contributed by atoms with Gasteiger partial charge in [0, 0.05) is 10.4 Å². The van der Waals surface area contributed by atoms with Gasteiger partial charge in [0.15, 0.2) is 11.5 Å². The zero-order chi connectivity index (χ0) is 21.3. The van der Waals surface area contributed by atoms with E-state index in [-0.39, 0.29) is 24.7 Å². The van der Waals surface area contributed by atoms with Crippen molar-refractivity contribution in [1.82, 2.24) is 0 Å². The van der Waals surface area contributed by atoms with Crippen LogP contribution in [0.4, 0.5) is 0 Å². The minimum absolute atomic E-state index is 0.170. The van der Waals surface area contributed by atoms with E-state index in [1.165, 1.54) is 0 Å². The van der Waals surface area contributed by atoms with Gasteiger partial charge in [0.2, 0.25) is 0 Å². The predicted octanol–water partition coefficient (Wildman–Crippen LogP) is 2.43. The molecule has 0 fully saturated rings. The molecular weight excluding hydrogens is 388 g/mol. The van der Waals surface area contributed by atoms with Gasteiger partial charge in [-0.1, -0.05) is 60.7 Å². The highest BCUT2D eigenvalue weighted by Gasteiger charge is 2.51. The van der Waals surface area contributed by atoms with E-state index < -0.39 is 20.5 Å². The van der Waals surface area contributed by atoms with E-state index in [9.17, 15) is 9.59 Å². The second-order valence-electron chi connectivity index (χ2n) is 5.84. The fourth-order valence-corrected chi connectivity index (χ4v) is 5.44. The van der Waals surface area contributed by atoms with Crippen molar-refractivity contribution >= 4 is 30.9 Å². The van der Waals surface area contributed by atoms with Gasteiger partial charge in [0.1, 0.15) is 0 Å². The Bertz CT molecular complexity index is 790. The van der Waals surface area contributed by atoms with Crippen LogP contribution in [0, 0.1) is 0 Å². The smallest absolute Gasteiger partial charge is 0.487 e. The normalized spacial score (nSPS) is 10.6. The highest BCUT2D eigenvalue weighted by molar-refractivity contribution is 6.94. The Kier molecular flexibility index (Phi) is 7.79. The summed E-state index contributed by atoms with van der Waals surface area (Å²) in [5.74, 6) is -1.95. The zero-order valence-corrected chi connectivity index (χ0v) is 17.6. The predicted molar refractivity (Wildman–Crippen MR) is 112 cm³/mol. The van der Waals surface area contributed by atoms with E-state index >= 15 is 0 Å². The van der Waals surface area contributed by atoms with Crippen LogP contribution < -0.4 is 10.4 Å². The summed E-state index contributed by atoms with van der Waals surface area (Å²) < 4.78 is 22.1. The lowest BCUT2D eigenvalue weighted by molar-refractivity contribution is -0.140. The summed E-state index contributed by atoms with van der Waals surface area (Å²) in [4.78, 5) is 25.4. The molecule has 7 heteroatoms. The highest BCUT2D eigenvalue weighted by Crippen LogP contribution is 2.15. The first-order valence-electron chi connectivity index (χ1n) is 9.15. The van der Waals surface area contributed by atoms with E-state index in [0.29, 0.717) is 10.4 Å². The number of hydrogen-bond donors (Lipinski definition) is 0. The summed E-state index contributed by atoms with van der Waals surface area (Å²) in [5, 5.41) is 1.11.